The van der Waals surface area contributed by atoms with Gasteiger partial charge >= 0.3 is 0 Å². The highest BCUT2D eigenvalue weighted by molar-refractivity contribution is 7.86. The average molecular weight is 773 g/mol. The van der Waals surface area contributed by atoms with E-state index in [-0.39, 0.29) is 38.6 Å². The zero-order valence-electron chi connectivity index (χ0n) is 25.1. The van der Waals surface area contributed by atoms with Gasteiger partial charge < -0.3 is 5.11 Å². The minimum Gasteiger partial charge on any atom is -0.504 e. The number of benzene rings is 6. The largest absolute Gasteiger partial charge is 0.504 e. The molecule has 6 aromatic rings. The Bertz CT molecular complexity index is 2980. The summed E-state index contributed by atoms with van der Waals surface area (Å²) in [5.74, 6) is -0.994. The fraction of sp³-hybridized carbons (Fsp3) is 0. The quantitative estimate of drug-likeness (QED) is 0.0799. The van der Waals surface area contributed by atoms with Crippen molar-refractivity contribution in [1.29, 1.82) is 0 Å². The Balaban J connectivity index is 1.47. The summed E-state index contributed by atoms with van der Waals surface area (Å²) in [4.78, 5) is -2.76. The van der Waals surface area contributed by atoms with Crippen LogP contribution in [0, 0.1) is 0 Å². The molecule has 0 radical (unpaired) electrons. The first-order chi connectivity index (χ1) is 23.7. The molecule has 0 atom stereocenters. The number of nitrogens with zero attached hydrogens (tertiary/aromatic N) is 4. The van der Waals surface area contributed by atoms with Crippen molar-refractivity contribution < 1.29 is 57.0 Å². The van der Waals surface area contributed by atoms with Crippen molar-refractivity contribution in [2.75, 3.05) is 0 Å². The topological polar surface area (TPSA) is 287 Å². The van der Waals surface area contributed by atoms with E-state index in [2.05, 4.69) is 20.5 Å². The fourth-order valence-electron chi connectivity index (χ4n) is 5.13. The van der Waals surface area contributed by atoms with Crippen molar-refractivity contribution in [2.45, 2.75) is 19.6 Å². The Morgan fingerprint density at radius 2 is 0.863 bits per heavy atom. The van der Waals surface area contributed by atoms with Crippen LogP contribution in [0.15, 0.2) is 131 Å². The highest BCUT2D eigenvalue weighted by atomic mass is 32.2. The lowest BCUT2D eigenvalue weighted by Crippen LogP contribution is -2.00. The van der Waals surface area contributed by atoms with Crippen LogP contribution in [0.3, 0.4) is 0 Å². The first-order valence-electron chi connectivity index (χ1n) is 13.8. The minimum absolute atomic E-state index is 0.00197. The molecule has 0 aliphatic heterocycles. The monoisotopic (exact) mass is 772 g/mol. The van der Waals surface area contributed by atoms with Crippen LogP contribution in [-0.4, -0.2) is 57.0 Å². The van der Waals surface area contributed by atoms with Crippen molar-refractivity contribution in [3.63, 3.8) is 0 Å². The maximum absolute atomic E-state index is 12.0. The van der Waals surface area contributed by atoms with Gasteiger partial charge in [0.15, 0.2) is 5.75 Å². The highest BCUT2D eigenvalue weighted by Crippen LogP contribution is 2.43. The van der Waals surface area contributed by atoms with Crippen molar-refractivity contribution in [2.24, 2.45) is 20.5 Å². The molecule has 5 N–H and O–H groups in total. The van der Waals surface area contributed by atoms with E-state index in [0.29, 0.717) is 10.8 Å². The summed E-state index contributed by atoms with van der Waals surface area (Å²) in [5.41, 5.74) is -0.185. The Labute approximate surface area is 288 Å². The number of phenolic OH excluding ortho intramolecular Hbond substituents is 1. The smallest absolute Gasteiger partial charge is 0.298 e. The van der Waals surface area contributed by atoms with Gasteiger partial charge in [-0.3, -0.25) is 18.2 Å². The van der Waals surface area contributed by atoms with Crippen LogP contribution in [-0.2, 0) is 40.5 Å². The number of azo groups is 2. The molecule has 17 nitrogen and oxygen atoms in total. The van der Waals surface area contributed by atoms with Gasteiger partial charge in [0.2, 0.25) is 0 Å². The number of aromatic hydroxyl groups is 1. The zero-order chi connectivity index (χ0) is 37.1. The lowest BCUT2D eigenvalue weighted by molar-refractivity contribution is 0.444. The molecule has 0 saturated heterocycles. The third-order valence-corrected chi connectivity index (χ3v) is 10.9. The SMILES string of the molecule is O=S(=O)(O)c1ccc2c(N=Nc3ccc(N=Nc4c(O)c(S(=O)(=O)O)cc5cc(S(=O)(=O)O)ccc45)c4ccccc34)cc(S(=O)(=O)O)cc2c1. The molecule has 21 heteroatoms. The molecule has 6 aromatic carbocycles. The second kappa shape index (κ2) is 12.5. The zero-order valence-corrected chi connectivity index (χ0v) is 28.4. The van der Waals surface area contributed by atoms with Crippen LogP contribution >= 0.6 is 0 Å². The van der Waals surface area contributed by atoms with Crippen molar-refractivity contribution in [1.82, 2.24) is 0 Å². The van der Waals surface area contributed by atoms with Crippen molar-refractivity contribution >= 4 is 95.5 Å². The molecule has 0 bridgehead atoms. The summed E-state index contributed by atoms with van der Waals surface area (Å²) in [5, 5.41) is 28.3. The predicted molar refractivity (Wildman–Crippen MR) is 181 cm³/mol. The summed E-state index contributed by atoms with van der Waals surface area (Å²) >= 11 is 0. The van der Waals surface area contributed by atoms with E-state index < -0.39 is 71.5 Å². The second-order valence-corrected chi connectivity index (χ2v) is 16.4. The Kier molecular flexibility index (Phi) is 8.72. The van der Waals surface area contributed by atoms with E-state index in [0.717, 1.165) is 48.5 Å². The van der Waals surface area contributed by atoms with Gasteiger partial charge in [0.1, 0.15) is 10.6 Å². The number of rotatable bonds is 8. The predicted octanol–water partition coefficient (Wildman–Crippen LogP) is 6.67. The molecule has 262 valence electrons. The molecule has 6 rings (SSSR count). The van der Waals surface area contributed by atoms with Gasteiger partial charge in [-0.05, 0) is 65.4 Å². The molecule has 0 saturated carbocycles. The average Bonchev–Trinajstić information content (AvgIpc) is 3.04. The van der Waals surface area contributed by atoms with Crippen LogP contribution < -0.4 is 0 Å². The standard InChI is InChI=1S/C30H20N4O13S4/c35-30-28(51(45,46)47)14-17-12-19(49(39,40)41)6-8-22(17)29(30)34-32-26-10-9-25(23-3-1-2-4-24(23)26)31-33-27-15-20(50(42,43)44)13-16-11-18(48(36,37)38)5-7-21(16)27/h1-15,35H,(H,36,37,38)(H,39,40,41)(H,42,43,44)(H,45,46,47). The molecule has 51 heavy (non-hydrogen) atoms. The van der Waals surface area contributed by atoms with E-state index in [1.54, 1.807) is 24.3 Å². The molecular formula is C30H20N4O13S4. The summed E-state index contributed by atoms with van der Waals surface area (Å²) in [6.07, 6.45) is 0. The first-order valence-corrected chi connectivity index (χ1v) is 19.6. The Hall–Kier alpha value is -5.26. The van der Waals surface area contributed by atoms with E-state index in [9.17, 15) is 57.0 Å². The molecule has 0 heterocycles. The molecular weight excluding hydrogens is 753 g/mol. The maximum Gasteiger partial charge on any atom is 0.298 e. The second-order valence-electron chi connectivity index (χ2n) is 10.7. The van der Waals surface area contributed by atoms with Gasteiger partial charge in [0.25, 0.3) is 40.5 Å². The number of hydrogen-bond acceptors (Lipinski definition) is 13. The Morgan fingerprint density at radius 3 is 1.37 bits per heavy atom. The maximum atomic E-state index is 12.0. The van der Waals surface area contributed by atoms with E-state index in [1.165, 1.54) is 18.2 Å². The van der Waals surface area contributed by atoms with Crippen molar-refractivity contribution in [3.05, 3.63) is 91.0 Å². The van der Waals surface area contributed by atoms with E-state index >= 15 is 0 Å². The molecule has 0 aliphatic carbocycles. The normalized spacial score (nSPS) is 13.3. The molecule has 0 aromatic heterocycles. The van der Waals surface area contributed by atoms with E-state index in [1.807, 2.05) is 0 Å². The van der Waals surface area contributed by atoms with Gasteiger partial charge in [-0.15, -0.1) is 20.5 Å². The molecule has 0 unspecified atom stereocenters. The molecule has 0 spiro atoms. The van der Waals surface area contributed by atoms with Gasteiger partial charge in [0.05, 0.1) is 31.7 Å². The summed E-state index contributed by atoms with van der Waals surface area (Å²) in [7, 11) is -19.2. The fourth-order valence-corrected chi connectivity index (χ4v) is 7.32. The Morgan fingerprint density at radius 1 is 0.412 bits per heavy atom. The van der Waals surface area contributed by atoms with Crippen LogP contribution in [0.4, 0.5) is 22.7 Å². The summed E-state index contributed by atoms with van der Waals surface area (Å²) in [6.45, 7) is 0. The van der Waals surface area contributed by atoms with Crippen molar-refractivity contribution in [3.8, 4) is 5.75 Å². The number of fused-ring (bicyclic) bond motifs is 3. The van der Waals surface area contributed by atoms with Crippen LogP contribution in [0.1, 0.15) is 0 Å². The number of phenols is 1. The minimum atomic E-state index is -5.05. The first kappa shape index (κ1) is 35.6. The molecule has 0 amide bonds. The van der Waals surface area contributed by atoms with Crippen LogP contribution in [0.25, 0.3) is 32.3 Å². The lowest BCUT2D eigenvalue weighted by Gasteiger charge is -2.10. The van der Waals surface area contributed by atoms with Crippen LogP contribution in [0.2, 0.25) is 0 Å². The van der Waals surface area contributed by atoms with Gasteiger partial charge in [-0.25, -0.2) is 0 Å². The summed E-state index contributed by atoms with van der Waals surface area (Å²) < 4.78 is 133. The van der Waals surface area contributed by atoms with Crippen LogP contribution in [0.5, 0.6) is 5.75 Å². The molecule has 0 aliphatic rings. The third kappa shape index (κ3) is 7.17. The lowest BCUT2D eigenvalue weighted by atomic mass is 10.1. The number of hydrogen-bond donors (Lipinski definition) is 5. The van der Waals surface area contributed by atoms with E-state index in [4.69, 9.17) is 0 Å². The van der Waals surface area contributed by atoms with Gasteiger partial charge in [-0.1, -0.05) is 36.4 Å². The summed E-state index contributed by atoms with van der Waals surface area (Å²) in [6, 6.07) is 18.6. The molecule has 0 fully saturated rings. The third-order valence-electron chi connectivity index (χ3n) is 7.47. The van der Waals surface area contributed by atoms with Gasteiger partial charge in [0, 0.05) is 21.5 Å². The van der Waals surface area contributed by atoms with Gasteiger partial charge in [-0.2, -0.15) is 33.7 Å². The highest BCUT2D eigenvalue weighted by Gasteiger charge is 2.23.